The fourth-order valence-electron chi connectivity index (χ4n) is 4.30. The molecule has 0 atom stereocenters. The number of ether oxygens (including phenoxy) is 1. The second kappa shape index (κ2) is 9.64. The minimum absolute atomic E-state index is 0. The van der Waals surface area contributed by atoms with Crippen molar-refractivity contribution in [2.24, 2.45) is 0 Å². The second-order valence-electron chi connectivity index (χ2n) is 8.99. The van der Waals surface area contributed by atoms with Gasteiger partial charge < -0.3 is 15.5 Å². The van der Waals surface area contributed by atoms with Gasteiger partial charge in [0, 0.05) is 24.1 Å². The normalized spacial score (nSPS) is 11.4. The quantitative estimate of drug-likeness (QED) is 0.271. The molecule has 0 saturated heterocycles. The molecule has 2 aromatic carbocycles. The lowest BCUT2D eigenvalue weighted by molar-refractivity contribution is 0.0978. The third-order valence-electron chi connectivity index (χ3n) is 6.00. The van der Waals surface area contributed by atoms with E-state index in [2.05, 4.69) is 19.7 Å². The van der Waals surface area contributed by atoms with Crippen LogP contribution in [0.4, 0.5) is 5.82 Å². The van der Waals surface area contributed by atoms with Crippen molar-refractivity contribution in [3.05, 3.63) is 95.2 Å². The number of aromatic amines is 1. The van der Waals surface area contributed by atoms with Gasteiger partial charge in [0.2, 0.25) is 5.88 Å². The lowest BCUT2D eigenvalue weighted by atomic mass is 10.1. The number of aryl methyl sites for hydroxylation is 3. The Bertz CT molecular complexity index is 1800. The molecule has 0 unspecified atom stereocenters. The van der Waals surface area contributed by atoms with Crippen LogP contribution in [-0.4, -0.2) is 29.3 Å². The number of sulfonamides is 1. The first-order valence-corrected chi connectivity index (χ1v) is 13.2. The first kappa shape index (κ1) is 25.0. The van der Waals surface area contributed by atoms with Crippen LogP contribution in [-0.2, 0) is 10.0 Å². The average Bonchev–Trinajstić information content (AvgIpc) is 3.34. The van der Waals surface area contributed by atoms with Gasteiger partial charge in [-0.25, -0.2) is 14.7 Å². The maximum atomic E-state index is 13.3. The van der Waals surface area contributed by atoms with E-state index < -0.39 is 15.9 Å². The zero-order valence-electron chi connectivity index (χ0n) is 20.9. The number of nitrogens with zero attached hydrogens (tertiary/aromatic N) is 2. The van der Waals surface area contributed by atoms with E-state index in [0.717, 1.165) is 33.2 Å². The van der Waals surface area contributed by atoms with E-state index in [9.17, 15) is 13.2 Å². The molecule has 10 heteroatoms. The molecule has 0 fully saturated rings. The van der Waals surface area contributed by atoms with Crippen molar-refractivity contribution in [2.75, 3.05) is 5.73 Å². The van der Waals surface area contributed by atoms with Crippen LogP contribution in [0.3, 0.4) is 0 Å². The number of rotatable bonds is 6. The maximum Gasteiger partial charge on any atom is 0.281 e. The third-order valence-corrected chi connectivity index (χ3v) is 7.24. The number of anilines is 1. The molecule has 4 N–H and O–H groups in total. The number of hydrogen-bond acceptors (Lipinski definition) is 7. The summed E-state index contributed by atoms with van der Waals surface area (Å²) in [5.74, 6) is -0.387. The molecule has 0 radical (unpaired) electrons. The van der Waals surface area contributed by atoms with Gasteiger partial charge >= 0.3 is 0 Å². The number of nitrogens with one attached hydrogen (secondary N) is 2. The number of amides is 1. The van der Waals surface area contributed by atoms with Crippen molar-refractivity contribution in [1.29, 1.82) is 0 Å². The number of carbonyl (C=O) groups excluding carboxylic acids is 1. The Hall–Kier alpha value is -4.70. The number of nitrogens with two attached hydrogens (primary N) is 1. The highest BCUT2D eigenvalue weighted by Gasteiger charge is 2.25. The van der Waals surface area contributed by atoms with Gasteiger partial charge in [-0.1, -0.05) is 29.8 Å². The molecule has 0 saturated carbocycles. The number of aromatic nitrogens is 3. The topological polar surface area (TPSA) is 140 Å². The van der Waals surface area contributed by atoms with Crippen LogP contribution in [0.15, 0.2) is 78.0 Å². The molecule has 3 aromatic heterocycles. The van der Waals surface area contributed by atoms with Crippen molar-refractivity contribution in [3.8, 4) is 22.9 Å². The summed E-state index contributed by atoms with van der Waals surface area (Å²) in [6, 6.07) is 19.0. The summed E-state index contributed by atoms with van der Waals surface area (Å²) in [6.45, 7) is 5.78. The van der Waals surface area contributed by atoms with E-state index in [-0.39, 0.29) is 23.7 Å². The van der Waals surface area contributed by atoms with Gasteiger partial charge in [-0.3, -0.25) is 4.79 Å². The summed E-state index contributed by atoms with van der Waals surface area (Å²) in [4.78, 5) is 24.9. The Morgan fingerprint density at radius 2 is 1.74 bits per heavy atom. The van der Waals surface area contributed by atoms with Gasteiger partial charge in [-0.2, -0.15) is 8.42 Å². The van der Waals surface area contributed by atoms with Gasteiger partial charge in [-0.15, -0.1) is 0 Å². The fraction of sp³-hybridized carbons (Fsp3) is 0.107. The first-order valence-electron chi connectivity index (χ1n) is 11.7. The predicted octanol–water partition coefficient (Wildman–Crippen LogP) is 5.29. The largest absolute Gasteiger partial charge is 0.438 e. The van der Waals surface area contributed by atoms with Crippen molar-refractivity contribution in [3.63, 3.8) is 0 Å². The van der Waals surface area contributed by atoms with Gasteiger partial charge in [0.05, 0.1) is 5.69 Å². The SMILES string of the molecule is Cc1cc(C)c(Oc2nc(-c3ccc4[nH]ccc4c3)ccc2C(=O)NS(=O)(=O)c2cccc(N)n2)c(C)c1.[HH]. The van der Waals surface area contributed by atoms with Gasteiger partial charge in [0.25, 0.3) is 15.9 Å². The van der Waals surface area contributed by atoms with E-state index in [4.69, 9.17) is 10.5 Å². The van der Waals surface area contributed by atoms with Gasteiger partial charge in [-0.05, 0) is 74.4 Å². The molecule has 0 aliphatic heterocycles. The van der Waals surface area contributed by atoms with Gasteiger partial charge in [0.15, 0.2) is 5.03 Å². The minimum Gasteiger partial charge on any atom is -0.438 e. The molecule has 1 amide bonds. The van der Waals surface area contributed by atoms with Crippen molar-refractivity contribution in [2.45, 2.75) is 25.8 Å². The Labute approximate surface area is 221 Å². The number of fused-ring (bicyclic) bond motifs is 1. The highest BCUT2D eigenvalue weighted by molar-refractivity contribution is 7.90. The molecule has 3 heterocycles. The lowest BCUT2D eigenvalue weighted by Crippen LogP contribution is -2.31. The summed E-state index contributed by atoms with van der Waals surface area (Å²) in [5.41, 5.74) is 10.7. The van der Waals surface area contributed by atoms with E-state index in [1.165, 1.54) is 24.3 Å². The minimum atomic E-state index is -4.30. The van der Waals surface area contributed by atoms with E-state index >= 15 is 0 Å². The molecular weight excluding hydrogens is 502 g/mol. The summed E-state index contributed by atoms with van der Waals surface area (Å²) in [5, 5.41) is 0.627. The molecule has 9 nitrogen and oxygen atoms in total. The molecular formula is C28H27N5O4S. The standard InChI is InChI=1S/C28H25N5O4S.H2/c1-16-13-17(2)26(18(3)14-16)37-28-21(27(34)33-38(35,36)25-6-4-5-24(29)32-25)8-10-23(31-28)19-7-9-22-20(15-19)11-12-30-22;/h4-15,30H,1-3H3,(H2,29,32)(H,33,34);1H. The van der Waals surface area contributed by atoms with E-state index in [1.807, 2.05) is 63.4 Å². The number of nitrogen functional groups attached to an aromatic ring is 1. The van der Waals surface area contributed by atoms with Crippen LogP contribution < -0.4 is 15.2 Å². The zero-order valence-corrected chi connectivity index (χ0v) is 21.8. The highest BCUT2D eigenvalue weighted by atomic mass is 32.2. The molecule has 0 spiro atoms. The summed E-state index contributed by atoms with van der Waals surface area (Å²) < 4.78 is 34.0. The maximum absolute atomic E-state index is 13.3. The summed E-state index contributed by atoms with van der Waals surface area (Å²) in [6.07, 6.45) is 1.85. The van der Waals surface area contributed by atoms with Crippen LogP contribution in [0.2, 0.25) is 0 Å². The van der Waals surface area contributed by atoms with Crippen LogP contribution in [0, 0.1) is 20.8 Å². The summed E-state index contributed by atoms with van der Waals surface area (Å²) in [7, 11) is -4.30. The average molecular weight is 530 g/mol. The van der Waals surface area contributed by atoms with Crippen LogP contribution >= 0.6 is 0 Å². The van der Waals surface area contributed by atoms with E-state index in [1.54, 1.807) is 6.07 Å². The molecule has 0 aliphatic rings. The predicted molar refractivity (Wildman–Crippen MR) is 148 cm³/mol. The van der Waals surface area contributed by atoms with Crippen LogP contribution in [0.25, 0.3) is 22.2 Å². The molecule has 5 rings (SSSR count). The third kappa shape index (κ3) is 4.94. The number of hydrogen-bond donors (Lipinski definition) is 3. The molecule has 0 bridgehead atoms. The van der Waals surface area contributed by atoms with Crippen molar-refractivity contribution in [1.82, 2.24) is 19.7 Å². The molecule has 0 aliphatic carbocycles. The summed E-state index contributed by atoms with van der Waals surface area (Å²) >= 11 is 0. The molecule has 194 valence electrons. The number of pyridine rings is 2. The Balaban J connectivity index is 0.00000353. The monoisotopic (exact) mass is 529 g/mol. The molecule has 5 aromatic rings. The van der Waals surface area contributed by atoms with Crippen LogP contribution in [0.5, 0.6) is 11.6 Å². The second-order valence-corrected chi connectivity index (χ2v) is 10.6. The fourth-order valence-corrected chi connectivity index (χ4v) is 5.24. The lowest BCUT2D eigenvalue weighted by Gasteiger charge is -2.16. The number of benzene rings is 2. The number of carbonyl (C=O) groups is 1. The Morgan fingerprint density at radius 1 is 0.974 bits per heavy atom. The number of H-pyrrole nitrogens is 1. The molecule has 38 heavy (non-hydrogen) atoms. The van der Waals surface area contributed by atoms with Crippen LogP contribution in [0.1, 0.15) is 28.5 Å². The zero-order chi connectivity index (χ0) is 27.0. The Kier molecular flexibility index (Phi) is 6.33. The van der Waals surface area contributed by atoms with Crippen molar-refractivity contribution < 1.29 is 19.4 Å². The Morgan fingerprint density at radius 3 is 2.47 bits per heavy atom. The first-order chi connectivity index (χ1) is 18.1. The highest BCUT2D eigenvalue weighted by Crippen LogP contribution is 2.33. The van der Waals surface area contributed by atoms with Crippen molar-refractivity contribution >= 4 is 32.7 Å². The van der Waals surface area contributed by atoms with Gasteiger partial charge in [0.1, 0.15) is 17.1 Å². The van der Waals surface area contributed by atoms with E-state index in [0.29, 0.717) is 11.4 Å². The smallest absolute Gasteiger partial charge is 0.281 e.